The lowest BCUT2D eigenvalue weighted by atomic mass is 10.1. The molecule has 3 aromatic rings. The van der Waals surface area contributed by atoms with Crippen molar-refractivity contribution in [3.63, 3.8) is 0 Å². The average molecular weight is 542 g/mol. The number of hydrogen-bond donors (Lipinski definition) is 2. The monoisotopic (exact) mass is 541 g/mol. The summed E-state index contributed by atoms with van der Waals surface area (Å²) in [5.74, 6) is 2.52. The highest BCUT2D eigenvalue weighted by molar-refractivity contribution is 14.0. The Kier molecular flexibility index (Phi) is 9.38. The number of hydrogen-bond acceptors (Lipinski definition) is 5. The number of halogens is 2. The van der Waals surface area contributed by atoms with Crippen LogP contribution in [0.25, 0.3) is 11.4 Å². The number of aromatic nitrogens is 2. The Morgan fingerprint density at radius 1 is 1.20 bits per heavy atom. The number of rotatable bonds is 7. The third kappa shape index (κ3) is 6.60. The minimum atomic E-state index is 0. The van der Waals surface area contributed by atoms with E-state index < -0.39 is 0 Å². The molecular weight excluding hydrogens is 517 g/mol. The Bertz CT molecular complexity index is 993. The standard InChI is InChI=1S/C21H24ClN5O2.HI/c1-14-7-8-15(11-18(14)28-3)9-10-24-21(23-2)25-13-19-26-20(27-29-19)16-5-4-6-17(22)12-16;/h4-8,11-12H,9-10,13H2,1-3H3,(H2,23,24,25);1H. The Morgan fingerprint density at radius 3 is 2.77 bits per heavy atom. The quantitative estimate of drug-likeness (QED) is 0.265. The number of benzene rings is 2. The van der Waals surface area contributed by atoms with Gasteiger partial charge in [0.2, 0.25) is 11.7 Å². The molecule has 0 radical (unpaired) electrons. The highest BCUT2D eigenvalue weighted by Gasteiger charge is 2.09. The third-order valence-electron chi connectivity index (χ3n) is 4.36. The summed E-state index contributed by atoms with van der Waals surface area (Å²) in [7, 11) is 3.40. The number of ether oxygens (including phenoxy) is 1. The summed E-state index contributed by atoms with van der Waals surface area (Å²) in [5, 5.41) is 11.1. The maximum absolute atomic E-state index is 6.01. The first-order valence-electron chi connectivity index (χ1n) is 9.25. The molecule has 2 aromatic carbocycles. The maximum Gasteiger partial charge on any atom is 0.246 e. The van der Waals surface area contributed by atoms with E-state index in [0.717, 1.165) is 29.8 Å². The zero-order chi connectivity index (χ0) is 20.6. The van der Waals surface area contributed by atoms with Gasteiger partial charge in [0.15, 0.2) is 5.96 Å². The first kappa shape index (κ1) is 23.9. The first-order chi connectivity index (χ1) is 14.1. The average Bonchev–Trinajstić information content (AvgIpc) is 3.21. The molecule has 0 amide bonds. The van der Waals surface area contributed by atoms with Crippen LogP contribution in [0.2, 0.25) is 5.02 Å². The Labute approximate surface area is 198 Å². The van der Waals surface area contributed by atoms with E-state index in [4.69, 9.17) is 20.9 Å². The molecule has 0 unspecified atom stereocenters. The van der Waals surface area contributed by atoms with Crippen molar-refractivity contribution in [2.24, 2.45) is 4.99 Å². The van der Waals surface area contributed by atoms with Crippen LogP contribution in [0.15, 0.2) is 52.0 Å². The van der Waals surface area contributed by atoms with Crippen molar-refractivity contribution in [3.05, 3.63) is 64.5 Å². The summed E-state index contributed by atoms with van der Waals surface area (Å²) < 4.78 is 10.7. The van der Waals surface area contributed by atoms with Crippen molar-refractivity contribution in [2.45, 2.75) is 19.9 Å². The number of guanidine groups is 1. The van der Waals surface area contributed by atoms with Gasteiger partial charge in [-0.05, 0) is 42.7 Å². The van der Waals surface area contributed by atoms with Crippen molar-refractivity contribution in [1.29, 1.82) is 0 Å². The van der Waals surface area contributed by atoms with Crippen molar-refractivity contribution in [3.8, 4) is 17.1 Å². The number of nitrogens with one attached hydrogen (secondary N) is 2. The van der Waals surface area contributed by atoms with Crippen LogP contribution in [0.1, 0.15) is 17.0 Å². The van der Waals surface area contributed by atoms with E-state index in [0.29, 0.717) is 29.2 Å². The van der Waals surface area contributed by atoms with E-state index in [1.165, 1.54) is 5.56 Å². The fourth-order valence-corrected chi connectivity index (χ4v) is 2.99. The Hall–Kier alpha value is -2.33. The summed E-state index contributed by atoms with van der Waals surface area (Å²) in [6.07, 6.45) is 0.844. The van der Waals surface area contributed by atoms with E-state index in [2.05, 4.69) is 44.0 Å². The molecular formula is C21H25ClIN5O2. The molecule has 0 saturated carbocycles. The Morgan fingerprint density at radius 2 is 2.03 bits per heavy atom. The second-order valence-corrected chi connectivity index (χ2v) is 6.87. The molecule has 2 N–H and O–H groups in total. The highest BCUT2D eigenvalue weighted by Crippen LogP contribution is 2.20. The lowest BCUT2D eigenvalue weighted by Crippen LogP contribution is -2.37. The lowest BCUT2D eigenvalue weighted by molar-refractivity contribution is 0.375. The van der Waals surface area contributed by atoms with Gasteiger partial charge in [0.1, 0.15) is 5.75 Å². The van der Waals surface area contributed by atoms with Gasteiger partial charge in [0, 0.05) is 24.2 Å². The third-order valence-corrected chi connectivity index (χ3v) is 4.60. The second kappa shape index (κ2) is 11.8. The molecule has 3 rings (SSSR count). The summed E-state index contributed by atoms with van der Waals surface area (Å²) in [6.45, 7) is 3.12. The van der Waals surface area contributed by atoms with Crippen molar-refractivity contribution in [1.82, 2.24) is 20.8 Å². The maximum atomic E-state index is 6.01. The van der Waals surface area contributed by atoms with Crippen LogP contribution in [0.4, 0.5) is 0 Å². The van der Waals surface area contributed by atoms with E-state index in [1.807, 2.05) is 19.1 Å². The lowest BCUT2D eigenvalue weighted by Gasteiger charge is -2.11. The molecule has 9 heteroatoms. The van der Waals surface area contributed by atoms with Gasteiger partial charge in [0.05, 0.1) is 13.7 Å². The summed E-state index contributed by atoms with van der Waals surface area (Å²) >= 11 is 6.01. The van der Waals surface area contributed by atoms with Gasteiger partial charge >= 0.3 is 0 Å². The van der Waals surface area contributed by atoms with Crippen molar-refractivity contribution >= 4 is 41.5 Å². The summed E-state index contributed by atoms with van der Waals surface area (Å²) in [5.41, 5.74) is 3.13. The first-order valence-corrected chi connectivity index (χ1v) is 9.63. The molecule has 1 heterocycles. The highest BCUT2D eigenvalue weighted by atomic mass is 127. The summed E-state index contributed by atoms with van der Waals surface area (Å²) in [6, 6.07) is 13.6. The largest absolute Gasteiger partial charge is 0.496 e. The molecule has 7 nitrogen and oxygen atoms in total. The molecule has 0 saturated heterocycles. The molecule has 0 fully saturated rings. The van der Waals surface area contributed by atoms with Gasteiger partial charge in [-0.1, -0.05) is 41.0 Å². The van der Waals surface area contributed by atoms with Crippen LogP contribution < -0.4 is 15.4 Å². The normalized spacial score (nSPS) is 11.0. The SMILES string of the molecule is CN=C(NCCc1ccc(C)c(OC)c1)NCc1nc(-c2cccc(Cl)c2)no1.I. The molecule has 0 atom stereocenters. The van der Waals surface area contributed by atoms with Gasteiger partial charge in [-0.15, -0.1) is 24.0 Å². The smallest absolute Gasteiger partial charge is 0.246 e. The van der Waals surface area contributed by atoms with Gasteiger partial charge in [-0.2, -0.15) is 4.98 Å². The number of aliphatic imine (C=N–C) groups is 1. The zero-order valence-electron chi connectivity index (χ0n) is 17.1. The summed E-state index contributed by atoms with van der Waals surface area (Å²) in [4.78, 5) is 8.61. The van der Waals surface area contributed by atoms with Crippen LogP contribution in [-0.2, 0) is 13.0 Å². The van der Waals surface area contributed by atoms with Crippen LogP contribution in [0, 0.1) is 6.92 Å². The van der Waals surface area contributed by atoms with Crippen LogP contribution in [0.3, 0.4) is 0 Å². The van der Waals surface area contributed by atoms with Crippen molar-refractivity contribution < 1.29 is 9.26 Å². The molecule has 0 aliphatic rings. The number of methoxy groups -OCH3 is 1. The molecule has 1 aromatic heterocycles. The predicted octanol–water partition coefficient (Wildman–Crippen LogP) is 4.23. The van der Waals surface area contributed by atoms with E-state index in [1.54, 1.807) is 26.3 Å². The van der Waals surface area contributed by atoms with Gasteiger partial charge in [-0.3, -0.25) is 4.99 Å². The van der Waals surface area contributed by atoms with E-state index in [9.17, 15) is 0 Å². The predicted molar refractivity (Wildman–Crippen MR) is 130 cm³/mol. The fourth-order valence-electron chi connectivity index (χ4n) is 2.80. The molecule has 0 aliphatic carbocycles. The molecule has 0 spiro atoms. The van der Waals surface area contributed by atoms with Crippen LogP contribution in [0.5, 0.6) is 5.75 Å². The van der Waals surface area contributed by atoms with E-state index >= 15 is 0 Å². The number of aryl methyl sites for hydroxylation is 1. The zero-order valence-corrected chi connectivity index (χ0v) is 20.2. The molecule has 0 bridgehead atoms. The van der Waals surface area contributed by atoms with Crippen LogP contribution >= 0.6 is 35.6 Å². The van der Waals surface area contributed by atoms with Crippen LogP contribution in [-0.4, -0.2) is 36.8 Å². The van der Waals surface area contributed by atoms with Gasteiger partial charge in [0.25, 0.3) is 0 Å². The number of nitrogens with zero attached hydrogens (tertiary/aromatic N) is 3. The molecule has 30 heavy (non-hydrogen) atoms. The van der Waals surface area contributed by atoms with Gasteiger partial charge < -0.3 is 19.9 Å². The topological polar surface area (TPSA) is 84.6 Å². The molecule has 0 aliphatic heterocycles. The van der Waals surface area contributed by atoms with E-state index in [-0.39, 0.29) is 24.0 Å². The minimum absolute atomic E-state index is 0. The van der Waals surface area contributed by atoms with Gasteiger partial charge in [-0.25, -0.2) is 0 Å². The Balaban J connectivity index is 0.00000320. The minimum Gasteiger partial charge on any atom is -0.496 e. The second-order valence-electron chi connectivity index (χ2n) is 6.43. The van der Waals surface area contributed by atoms with Crippen molar-refractivity contribution in [2.75, 3.05) is 20.7 Å². The fraction of sp³-hybridized carbons (Fsp3) is 0.286. The molecule has 160 valence electrons.